The Balaban J connectivity index is 2.21. The second-order valence-electron chi connectivity index (χ2n) is 4.11. The molecule has 0 saturated heterocycles. The third-order valence-electron chi connectivity index (χ3n) is 2.82. The molecule has 1 aliphatic rings. The number of aryl methyl sites for hydroxylation is 1. The highest BCUT2D eigenvalue weighted by molar-refractivity contribution is 7.88. The van der Waals surface area contributed by atoms with E-state index in [0.717, 1.165) is 18.5 Å². The van der Waals surface area contributed by atoms with Crippen molar-refractivity contribution in [2.24, 2.45) is 5.14 Å². The summed E-state index contributed by atoms with van der Waals surface area (Å²) < 4.78 is 23.8. The average molecular weight is 229 g/mol. The topological polar surface area (TPSA) is 78.0 Å². The minimum absolute atomic E-state index is 0.119. The van der Waals surface area contributed by atoms with Crippen LogP contribution in [0.3, 0.4) is 0 Å². The smallest absolute Gasteiger partial charge is 0.213 e. The van der Waals surface area contributed by atoms with Crippen LogP contribution in [-0.4, -0.2) is 18.2 Å². The fourth-order valence-corrected chi connectivity index (χ4v) is 2.43. The molecule has 2 N–H and O–H groups in total. The Morgan fingerprint density at radius 2 is 2.27 bits per heavy atom. The molecular weight excluding hydrogens is 214 g/mol. The molecule has 0 unspecified atom stereocenters. The number of hydrogen-bond acceptors (Lipinski definition) is 3. The Kier molecular flexibility index (Phi) is 2.56. The molecule has 0 aromatic carbocycles. The minimum Gasteiger partial charge on any atom is -0.269 e. The molecule has 0 atom stereocenters. The fraction of sp³-hybridized carbons (Fsp3) is 0.667. The zero-order valence-corrected chi connectivity index (χ0v) is 9.50. The van der Waals surface area contributed by atoms with Gasteiger partial charge in [-0.15, -0.1) is 0 Å². The standard InChI is InChI=1S/C9H15N3O2S/c1-7-8(6-15(10,13)14)5-12(11-7)9-3-2-4-9/h5,9H,2-4,6H2,1H3,(H2,10,13,14). The predicted molar refractivity (Wildman–Crippen MR) is 56.7 cm³/mol. The monoisotopic (exact) mass is 229 g/mol. The van der Waals surface area contributed by atoms with Crippen molar-refractivity contribution in [2.45, 2.75) is 38.0 Å². The van der Waals surface area contributed by atoms with E-state index in [1.54, 1.807) is 0 Å². The van der Waals surface area contributed by atoms with Gasteiger partial charge in [-0.05, 0) is 26.2 Å². The normalized spacial score (nSPS) is 17.7. The summed E-state index contributed by atoms with van der Waals surface area (Å²) in [6.07, 6.45) is 5.31. The second kappa shape index (κ2) is 3.61. The molecule has 5 nitrogen and oxygen atoms in total. The molecule has 1 aromatic heterocycles. The van der Waals surface area contributed by atoms with E-state index in [2.05, 4.69) is 5.10 Å². The van der Waals surface area contributed by atoms with E-state index in [4.69, 9.17) is 5.14 Å². The molecule has 1 aliphatic carbocycles. The molecule has 0 spiro atoms. The first-order valence-corrected chi connectivity index (χ1v) is 6.72. The van der Waals surface area contributed by atoms with Gasteiger partial charge in [-0.3, -0.25) is 4.68 Å². The molecule has 0 radical (unpaired) electrons. The summed E-state index contributed by atoms with van der Waals surface area (Å²) in [6, 6.07) is 0.456. The van der Waals surface area contributed by atoms with Crippen molar-refractivity contribution in [3.63, 3.8) is 0 Å². The van der Waals surface area contributed by atoms with Crippen LogP contribution < -0.4 is 5.14 Å². The molecule has 6 heteroatoms. The van der Waals surface area contributed by atoms with Gasteiger partial charge in [0, 0.05) is 11.8 Å². The van der Waals surface area contributed by atoms with E-state index >= 15 is 0 Å². The fourth-order valence-electron chi connectivity index (χ4n) is 1.72. The number of aromatic nitrogens is 2. The van der Waals surface area contributed by atoms with Gasteiger partial charge in [0.2, 0.25) is 10.0 Å². The third kappa shape index (κ3) is 2.38. The van der Waals surface area contributed by atoms with Gasteiger partial charge in [0.25, 0.3) is 0 Å². The zero-order valence-electron chi connectivity index (χ0n) is 8.68. The molecule has 1 saturated carbocycles. The first kappa shape index (κ1) is 10.6. The highest BCUT2D eigenvalue weighted by Crippen LogP contribution is 2.31. The van der Waals surface area contributed by atoms with E-state index in [9.17, 15) is 8.42 Å². The lowest BCUT2D eigenvalue weighted by molar-refractivity contribution is 0.288. The molecule has 1 aromatic rings. The van der Waals surface area contributed by atoms with Gasteiger partial charge in [0.05, 0.1) is 17.5 Å². The van der Waals surface area contributed by atoms with E-state index < -0.39 is 10.0 Å². The molecule has 84 valence electrons. The van der Waals surface area contributed by atoms with E-state index in [-0.39, 0.29) is 5.75 Å². The largest absolute Gasteiger partial charge is 0.269 e. The minimum atomic E-state index is -3.45. The van der Waals surface area contributed by atoms with Crippen molar-refractivity contribution in [1.82, 2.24) is 9.78 Å². The molecule has 0 amide bonds. The van der Waals surface area contributed by atoms with Gasteiger partial charge in [-0.2, -0.15) is 5.10 Å². The predicted octanol–water partition coefficient (Wildman–Crippen LogP) is 0.705. The molecule has 1 heterocycles. The summed E-state index contributed by atoms with van der Waals surface area (Å²) in [4.78, 5) is 0. The number of sulfonamides is 1. The van der Waals surface area contributed by atoms with E-state index in [0.29, 0.717) is 11.6 Å². The van der Waals surface area contributed by atoms with Crippen LogP contribution in [0, 0.1) is 6.92 Å². The van der Waals surface area contributed by atoms with Crippen molar-refractivity contribution < 1.29 is 8.42 Å². The summed E-state index contributed by atoms with van der Waals surface area (Å²) in [7, 11) is -3.45. The Hall–Kier alpha value is -0.880. The highest BCUT2D eigenvalue weighted by Gasteiger charge is 2.21. The number of hydrogen-bond donors (Lipinski definition) is 1. The Labute approximate surface area is 89.3 Å². The molecule has 0 bridgehead atoms. The van der Waals surface area contributed by atoms with Crippen LogP contribution in [0.2, 0.25) is 0 Å². The zero-order chi connectivity index (χ0) is 11.1. The SMILES string of the molecule is Cc1nn(C2CCC2)cc1CS(N)(=O)=O. The van der Waals surface area contributed by atoms with Gasteiger partial charge < -0.3 is 0 Å². The Bertz CT molecular complexity index is 460. The van der Waals surface area contributed by atoms with Crippen LogP contribution in [0.1, 0.15) is 36.6 Å². The Morgan fingerprint density at radius 1 is 1.60 bits per heavy atom. The molecule has 0 aliphatic heterocycles. The highest BCUT2D eigenvalue weighted by atomic mass is 32.2. The van der Waals surface area contributed by atoms with Crippen LogP contribution in [0.4, 0.5) is 0 Å². The number of nitrogens with zero attached hydrogens (tertiary/aromatic N) is 2. The van der Waals surface area contributed by atoms with Crippen molar-refractivity contribution in [2.75, 3.05) is 0 Å². The van der Waals surface area contributed by atoms with Gasteiger partial charge >= 0.3 is 0 Å². The lowest BCUT2D eigenvalue weighted by Gasteiger charge is -2.25. The molecule has 15 heavy (non-hydrogen) atoms. The summed E-state index contributed by atoms with van der Waals surface area (Å²) in [5, 5.41) is 9.32. The average Bonchev–Trinajstić information content (AvgIpc) is 2.24. The van der Waals surface area contributed by atoms with Gasteiger partial charge in [0.15, 0.2) is 0 Å². The van der Waals surface area contributed by atoms with Crippen LogP contribution in [0.15, 0.2) is 6.20 Å². The maximum absolute atomic E-state index is 11.0. The maximum atomic E-state index is 11.0. The summed E-state index contributed by atoms with van der Waals surface area (Å²) in [6.45, 7) is 1.82. The first-order valence-electron chi connectivity index (χ1n) is 5.01. The van der Waals surface area contributed by atoms with Crippen molar-refractivity contribution in [3.8, 4) is 0 Å². The van der Waals surface area contributed by atoms with Crippen LogP contribution in [0.25, 0.3) is 0 Å². The van der Waals surface area contributed by atoms with E-state index in [1.807, 2.05) is 17.8 Å². The van der Waals surface area contributed by atoms with Crippen LogP contribution in [-0.2, 0) is 15.8 Å². The number of nitrogens with two attached hydrogens (primary N) is 1. The summed E-state index contributed by atoms with van der Waals surface area (Å²) in [5.41, 5.74) is 1.47. The number of primary sulfonamides is 1. The van der Waals surface area contributed by atoms with Gasteiger partial charge in [0.1, 0.15) is 0 Å². The quantitative estimate of drug-likeness (QED) is 0.829. The molecular formula is C9H15N3O2S. The van der Waals surface area contributed by atoms with Crippen LogP contribution >= 0.6 is 0 Å². The van der Waals surface area contributed by atoms with Crippen molar-refractivity contribution in [1.29, 1.82) is 0 Å². The van der Waals surface area contributed by atoms with Gasteiger partial charge in [-0.1, -0.05) is 0 Å². The third-order valence-corrected chi connectivity index (χ3v) is 3.54. The van der Waals surface area contributed by atoms with Crippen molar-refractivity contribution >= 4 is 10.0 Å². The molecule has 1 fully saturated rings. The summed E-state index contributed by atoms with van der Waals surface area (Å²) in [5.74, 6) is -0.119. The Morgan fingerprint density at radius 3 is 2.73 bits per heavy atom. The van der Waals surface area contributed by atoms with Crippen molar-refractivity contribution in [3.05, 3.63) is 17.5 Å². The summed E-state index contributed by atoms with van der Waals surface area (Å²) >= 11 is 0. The van der Waals surface area contributed by atoms with Gasteiger partial charge in [-0.25, -0.2) is 13.6 Å². The first-order chi connectivity index (χ1) is 6.96. The lowest BCUT2D eigenvalue weighted by Crippen LogP contribution is -2.17. The van der Waals surface area contributed by atoms with E-state index in [1.165, 1.54) is 6.42 Å². The van der Waals surface area contributed by atoms with Crippen LogP contribution in [0.5, 0.6) is 0 Å². The second-order valence-corrected chi connectivity index (χ2v) is 5.73. The lowest BCUT2D eigenvalue weighted by atomic mass is 9.93. The molecule has 2 rings (SSSR count). The maximum Gasteiger partial charge on any atom is 0.213 e. The number of rotatable bonds is 3.